The zero-order valence-corrected chi connectivity index (χ0v) is 8.01. The van der Waals surface area contributed by atoms with Crippen molar-refractivity contribution in [3.8, 4) is 0 Å². The first-order valence-corrected chi connectivity index (χ1v) is 4.94. The van der Waals surface area contributed by atoms with E-state index in [4.69, 9.17) is 4.52 Å². The molecule has 1 aliphatic heterocycles. The highest BCUT2D eigenvalue weighted by atomic mass is 16.6. The van der Waals surface area contributed by atoms with Crippen LogP contribution in [-0.2, 0) is 12.0 Å². The number of aliphatic hydroxyl groups is 1. The van der Waals surface area contributed by atoms with E-state index in [2.05, 4.69) is 5.10 Å². The second-order valence-corrected chi connectivity index (χ2v) is 4.15. The molecule has 0 radical (unpaired) electrons. The minimum Gasteiger partial charge on any atom is -0.381 e. The minimum atomic E-state index is -1.18. The Hall–Kier alpha value is -1.18. The number of hydrogen-bond donors (Lipinski definition) is 3. The summed E-state index contributed by atoms with van der Waals surface area (Å²) in [5, 5.41) is 23.5. The van der Waals surface area contributed by atoms with Crippen molar-refractivity contribution in [3.05, 3.63) is 16.4 Å². The van der Waals surface area contributed by atoms with Crippen molar-refractivity contribution in [1.82, 2.24) is 10.2 Å². The van der Waals surface area contributed by atoms with Crippen LogP contribution in [0.15, 0.2) is 4.52 Å². The summed E-state index contributed by atoms with van der Waals surface area (Å²) in [4.78, 5) is 11.0. The molecule has 1 fully saturated rings. The maximum Gasteiger partial charge on any atom is 0.367 e. The smallest absolute Gasteiger partial charge is 0.367 e. The van der Waals surface area contributed by atoms with Gasteiger partial charge in [0, 0.05) is 13.0 Å². The first-order chi connectivity index (χ1) is 7.11. The molecule has 0 spiro atoms. The molecule has 7 heteroatoms. The normalized spacial score (nSPS) is 35.2. The zero-order valence-electron chi connectivity index (χ0n) is 8.01. The monoisotopic (exact) mass is 214 g/mol. The van der Waals surface area contributed by atoms with Gasteiger partial charge in [-0.15, -0.1) is 0 Å². The molecule has 0 bridgehead atoms. The van der Waals surface area contributed by atoms with E-state index in [1.54, 1.807) is 0 Å². The third kappa shape index (κ3) is 1.05. The lowest BCUT2D eigenvalue weighted by atomic mass is 9.82. The average Bonchev–Trinajstić information content (AvgIpc) is 2.69. The second-order valence-electron chi connectivity index (χ2n) is 4.15. The molecule has 2 atom stereocenters. The number of fused-ring (bicyclic) bond motifs is 3. The summed E-state index contributed by atoms with van der Waals surface area (Å²) >= 11 is 0. The van der Waals surface area contributed by atoms with Crippen molar-refractivity contribution in [2.24, 2.45) is 0 Å². The Kier molecular flexibility index (Phi) is 1.63. The van der Waals surface area contributed by atoms with Gasteiger partial charge in [-0.3, -0.25) is 0 Å². The first-order valence-electron chi connectivity index (χ1n) is 4.94. The summed E-state index contributed by atoms with van der Waals surface area (Å²) in [5.41, 5.74) is -0.771. The first kappa shape index (κ1) is 9.08. The lowest BCUT2D eigenvalue weighted by molar-refractivity contribution is -0.753. The van der Waals surface area contributed by atoms with Gasteiger partial charge in [0.05, 0.1) is 6.04 Å². The number of nitrogens with zero attached hydrogens (tertiary/aromatic N) is 2. The van der Waals surface area contributed by atoms with Crippen molar-refractivity contribution in [2.75, 3.05) is 6.54 Å². The van der Waals surface area contributed by atoms with Crippen molar-refractivity contribution in [2.45, 2.75) is 30.9 Å². The van der Waals surface area contributed by atoms with Crippen molar-refractivity contribution < 1.29 is 19.6 Å². The number of rotatable bonds is 0. The Morgan fingerprint density at radius 2 is 2.47 bits per heavy atom. The Labute approximate surface area is 84.4 Å². The van der Waals surface area contributed by atoms with Gasteiger partial charge in [0.2, 0.25) is 5.76 Å². The molecule has 0 amide bonds. The van der Waals surface area contributed by atoms with Crippen LogP contribution in [0.5, 0.6) is 0 Å². The number of hydrogen-bond acceptors (Lipinski definition) is 5. The Morgan fingerprint density at radius 3 is 3.27 bits per heavy atom. The Balaban J connectivity index is 2.15. The molecule has 7 nitrogen and oxygen atoms in total. The molecule has 0 unspecified atom stereocenters. The van der Waals surface area contributed by atoms with E-state index in [1.807, 2.05) is 0 Å². The van der Waals surface area contributed by atoms with E-state index >= 15 is 0 Å². The standard InChI is InChI=1S/C8H12N3O4/c12-8-3-4-10(13)6(8)2-1-5-7(8)9-11(14)15-5/h6,12-13H,1-4H2,(H,9,14)/q+1/t6-,8+/m1/s1. The van der Waals surface area contributed by atoms with Gasteiger partial charge in [-0.1, -0.05) is 5.10 Å². The van der Waals surface area contributed by atoms with Crippen LogP contribution >= 0.6 is 0 Å². The highest BCUT2D eigenvalue weighted by Crippen LogP contribution is 2.42. The molecule has 0 saturated carbocycles. The zero-order chi connectivity index (χ0) is 10.6. The molecule has 15 heavy (non-hydrogen) atoms. The summed E-state index contributed by atoms with van der Waals surface area (Å²) in [5.74, 6) is 0.485. The minimum absolute atomic E-state index is 0.241. The van der Waals surface area contributed by atoms with E-state index in [1.165, 1.54) is 0 Å². The summed E-state index contributed by atoms with van der Waals surface area (Å²) in [6.07, 6.45) is 1.53. The third-order valence-electron chi connectivity index (χ3n) is 3.39. The SMILES string of the molecule is O=[n+]1[nH]c2c(o1)CC[C@H]1N(O)CC[C@@]21O. The lowest BCUT2D eigenvalue weighted by Crippen LogP contribution is -2.45. The van der Waals surface area contributed by atoms with Crippen LogP contribution in [0.2, 0.25) is 0 Å². The molecule has 1 aromatic heterocycles. The van der Waals surface area contributed by atoms with Crippen molar-refractivity contribution in [1.29, 1.82) is 0 Å². The molecule has 2 aliphatic rings. The highest BCUT2D eigenvalue weighted by Gasteiger charge is 2.54. The summed E-state index contributed by atoms with van der Waals surface area (Å²) in [6.45, 7) is 0.401. The average molecular weight is 214 g/mol. The van der Waals surface area contributed by atoms with E-state index in [-0.39, 0.29) is 10.8 Å². The van der Waals surface area contributed by atoms with Crippen molar-refractivity contribution >= 4 is 0 Å². The molecule has 82 valence electrons. The highest BCUT2D eigenvalue weighted by molar-refractivity contribution is 5.23. The molecule has 1 aliphatic carbocycles. The van der Waals surface area contributed by atoms with Crippen LogP contribution in [0, 0.1) is 4.91 Å². The van der Waals surface area contributed by atoms with Gasteiger partial charge in [-0.2, -0.15) is 9.59 Å². The Morgan fingerprint density at radius 1 is 1.67 bits per heavy atom. The van der Waals surface area contributed by atoms with Crippen LogP contribution in [0.3, 0.4) is 0 Å². The van der Waals surface area contributed by atoms with Crippen LogP contribution in [0.1, 0.15) is 24.3 Å². The summed E-state index contributed by atoms with van der Waals surface area (Å²) < 4.78 is 5.10. The fraction of sp³-hybridized carbons (Fsp3) is 0.750. The fourth-order valence-corrected chi connectivity index (χ4v) is 2.63. The molecular formula is C8H12N3O4+. The second kappa shape index (κ2) is 2.69. The van der Waals surface area contributed by atoms with E-state index in [0.29, 0.717) is 37.3 Å². The molecule has 1 aromatic rings. The maximum atomic E-state index is 11.0. The van der Waals surface area contributed by atoms with Crippen LogP contribution < -0.4 is 4.71 Å². The third-order valence-corrected chi connectivity index (χ3v) is 3.39. The number of aromatic nitrogens is 2. The van der Waals surface area contributed by atoms with Gasteiger partial charge in [-0.05, 0) is 12.8 Å². The van der Waals surface area contributed by atoms with Gasteiger partial charge >= 0.3 is 4.71 Å². The van der Waals surface area contributed by atoms with Gasteiger partial charge in [0.1, 0.15) is 10.5 Å². The van der Waals surface area contributed by atoms with Crippen LogP contribution in [-0.4, -0.2) is 33.1 Å². The number of hydroxylamine groups is 2. The quantitative estimate of drug-likeness (QED) is 0.521. The number of nitrogens with one attached hydrogen (secondary N) is 1. The summed E-state index contributed by atoms with van der Waals surface area (Å²) in [7, 11) is 0. The van der Waals surface area contributed by atoms with Crippen LogP contribution in [0.4, 0.5) is 0 Å². The van der Waals surface area contributed by atoms with Gasteiger partial charge in [-0.25, -0.2) is 0 Å². The number of aromatic amines is 1. The van der Waals surface area contributed by atoms with E-state index < -0.39 is 5.60 Å². The fourth-order valence-electron chi connectivity index (χ4n) is 2.63. The van der Waals surface area contributed by atoms with Gasteiger partial charge < -0.3 is 10.3 Å². The largest absolute Gasteiger partial charge is 0.381 e. The van der Waals surface area contributed by atoms with Gasteiger partial charge in [0.15, 0.2) is 5.69 Å². The topological polar surface area (TPSA) is 95.6 Å². The molecule has 3 N–H and O–H groups in total. The van der Waals surface area contributed by atoms with E-state index in [9.17, 15) is 15.2 Å². The van der Waals surface area contributed by atoms with Gasteiger partial charge in [0.25, 0.3) is 0 Å². The van der Waals surface area contributed by atoms with Crippen LogP contribution in [0.25, 0.3) is 0 Å². The number of H-pyrrole nitrogens is 1. The van der Waals surface area contributed by atoms with E-state index in [0.717, 1.165) is 5.06 Å². The Bertz CT molecular complexity index is 453. The number of aryl methyl sites for hydroxylation is 1. The maximum absolute atomic E-state index is 11.0. The predicted molar refractivity (Wildman–Crippen MR) is 45.5 cm³/mol. The molecule has 1 saturated heterocycles. The molecule has 0 aromatic carbocycles. The lowest BCUT2D eigenvalue weighted by Gasteiger charge is -2.32. The molecular weight excluding hydrogens is 202 g/mol. The molecule has 3 rings (SSSR count). The predicted octanol–water partition coefficient (Wildman–Crippen LogP) is -0.881. The van der Waals surface area contributed by atoms with Crippen molar-refractivity contribution in [3.63, 3.8) is 0 Å². The molecule has 2 heterocycles. The summed E-state index contributed by atoms with van der Waals surface area (Å²) in [6, 6.07) is -0.348.